The number of para-hydroxylation sites is 3. The average Bonchev–Trinajstić information content (AvgIpc) is 1.51. The van der Waals surface area contributed by atoms with Gasteiger partial charge in [-0.25, -0.2) is 0 Å². The maximum atomic E-state index is 7.52. The van der Waals surface area contributed by atoms with Crippen molar-refractivity contribution in [1.29, 1.82) is 0 Å². The fourth-order valence-corrected chi connectivity index (χ4v) is 24.3. The first-order valence-corrected chi connectivity index (χ1v) is 42.9. The van der Waals surface area contributed by atoms with Crippen molar-refractivity contribution in [2.75, 3.05) is 9.80 Å². The molecular formula is C116H76N2OS. The first-order chi connectivity index (χ1) is 59.0. The topological polar surface area (TPSA) is 19.6 Å². The Bertz CT molecular complexity index is 7780. The molecule has 0 atom stereocenters. The van der Waals surface area contributed by atoms with Gasteiger partial charge in [0.15, 0.2) is 0 Å². The van der Waals surface area contributed by atoms with Gasteiger partial charge >= 0.3 is 0 Å². The lowest BCUT2D eigenvalue weighted by atomic mass is 9.70. The Morgan fingerprint density at radius 2 is 0.567 bits per heavy atom. The summed E-state index contributed by atoms with van der Waals surface area (Å²) in [6, 6.07) is 148. The molecule has 20 aromatic rings. The van der Waals surface area contributed by atoms with Gasteiger partial charge in [-0.3, -0.25) is 0 Å². The second-order valence-electron chi connectivity index (χ2n) is 34.7. The van der Waals surface area contributed by atoms with Crippen molar-refractivity contribution < 1.29 is 4.42 Å². The van der Waals surface area contributed by atoms with E-state index in [4.69, 9.17) is 4.42 Å². The lowest BCUT2D eigenvalue weighted by Crippen LogP contribution is -2.26. The van der Waals surface area contributed by atoms with Gasteiger partial charge < -0.3 is 14.2 Å². The van der Waals surface area contributed by atoms with Crippen molar-refractivity contribution in [3.63, 3.8) is 0 Å². The lowest BCUT2D eigenvalue weighted by Gasteiger charge is -2.33. The van der Waals surface area contributed by atoms with Gasteiger partial charge in [-0.05, 0) is 241 Å². The average molecular weight is 1550 g/mol. The Hall–Kier alpha value is -14.4. The highest BCUT2D eigenvalue weighted by molar-refractivity contribution is 7.25. The highest BCUT2D eigenvalue weighted by Crippen LogP contribution is 2.67. The number of anilines is 6. The van der Waals surface area contributed by atoms with E-state index in [0.29, 0.717) is 0 Å². The Kier molecular flexibility index (Phi) is 13.9. The molecule has 3 nitrogen and oxygen atoms in total. The molecule has 6 aliphatic carbocycles. The molecule has 26 rings (SSSR count). The van der Waals surface area contributed by atoms with Crippen LogP contribution in [0.3, 0.4) is 0 Å². The molecule has 4 heteroatoms. The highest BCUT2D eigenvalue weighted by atomic mass is 32.1. The molecule has 0 amide bonds. The van der Waals surface area contributed by atoms with Crippen LogP contribution in [0, 0.1) is 0 Å². The molecule has 18 aromatic carbocycles. The quantitative estimate of drug-likeness (QED) is 0.144. The molecule has 6 aliphatic rings. The summed E-state index contributed by atoms with van der Waals surface area (Å²) >= 11 is 1.87. The van der Waals surface area contributed by atoms with E-state index in [9.17, 15) is 0 Å². The van der Waals surface area contributed by atoms with E-state index in [1.165, 1.54) is 165 Å². The van der Waals surface area contributed by atoms with Gasteiger partial charge in [0.1, 0.15) is 11.2 Å². The van der Waals surface area contributed by atoms with Crippen molar-refractivity contribution >= 4 is 87.6 Å². The van der Waals surface area contributed by atoms with Gasteiger partial charge in [0.2, 0.25) is 0 Å². The van der Waals surface area contributed by atoms with Crippen molar-refractivity contribution in [2.24, 2.45) is 0 Å². The van der Waals surface area contributed by atoms with E-state index in [1.807, 2.05) is 11.3 Å². The number of benzene rings is 18. The molecule has 0 saturated carbocycles. The van der Waals surface area contributed by atoms with E-state index in [2.05, 4.69) is 426 Å². The number of rotatable bonds is 9. The molecular weight excluding hydrogens is 1470 g/mol. The van der Waals surface area contributed by atoms with Crippen LogP contribution in [0.2, 0.25) is 0 Å². The normalized spacial score (nSPS) is 14.6. The van der Waals surface area contributed by atoms with Gasteiger partial charge in [-0.15, -0.1) is 11.3 Å². The standard InChI is InChI=1S/C116H76N2OS/c1-113(2)95-41-15-5-28-77(95)84-58-53-71(65-102(84)113)118(74-55-60-86-83-34-11-21-47-101(83)116(105(86)68-74)98-44-18-8-31-80(98)81-32-9-19-45-99(81)116)107-49-23-13-35-88(107)92-39-26-40-93-89-57-51-70(64-108(89)119-112(92)93)76-37-25-38-91-87-61-56-72(66-103(87)114(3,4)111(76)91)117(106-48-22-12-27-75(106)69-52-62-110-94(63-69)90-36-14-24-50-109(90)120-110)73-54-59-85-82-33-10-20-46-100(82)115(104(85)67-73)96-42-16-6-29-78(96)79-30-7-17-43-97(79)115/h5-68H,1-4H3. The van der Waals surface area contributed by atoms with E-state index in [1.54, 1.807) is 0 Å². The zero-order chi connectivity index (χ0) is 79.2. The maximum absolute atomic E-state index is 7.52. The van der Waals surface area contributed by atoms with Crippen molar-refractivity contribution in [1.82, 2.24) is 0 Å². The summed E-state index contributed by atoms with van der Waals surface area (Å²) in [5, 5.41) is 4.73. The molecule has 0 saturated heterocycles. The molecule has 562 valence electrons. The molecule has 0 radical (unpaired) electrons. The minimum absolute atomic E-state index is 0.232. The van der Waals surface area contributed by atoms with Crippen LogP contribution in [-0.2, 0) is 21.7 Å². The molecule has 0 aliphatic heterocycles. The summed E-state index contributed by atoms with van der Waals surface area (Å²) in [4.78, 5) is 5.11. The predicted molar refractivity (Wildman–Crippen MR) is 500 cm³/mol. The van der Waals surface area contributed by atoms with Gasteiger partial charge in [0.25, 0.3) is 0 Å². The molecule has 2 aromatic heterocycles. The van der Waals surface area contributed by atoms with Crippen molar-refractivity contribution in [3.05, 3.63) is 455 Å². The van der Waals surface area contributed by atoms with E-state index < -0.39 is 16.2 Å². The van der Waals surface area contributed by atoms with Gasteiger partial charge in [0, 0.05) is 81.2 Å². The minimum Gasteiger partial charge on any atom is -0.455 e. The number of hydrogen-bond donors (Lipinski definition) is 0. The molecule has 0 unspecified atom stereocenters. The fourth-order valence-electron chi connectivity index (χ4n) is 23.3. The Balaban J connectivity index is 0.612. The molecule has 0 bridgehead atoms. The third-order valence-corrected chi connectivity index (χ3v) is 29.4. The summed E-state index contributed by atoms with van der Waals surface area (Å²) < 4.78 is 10.1. The largest absolute Gasteiger partial charge is 0.455 e. The van der Waals surface area contributed by atoms with Crippen molar-refractivity contribution in [3.8, 4) is 100 Å². The zero-order valence-corrected chi connectivity index (χ0v) is 67.5. The predicted octanol–water partition coefficient (Wildman–Crippen LogP) is 31.2. The summed E-state index contributed by atoms with van der Waals surface area (Å²) in [6.07, 6.45) is 0. The van der Waals surface area contributed by atoms with Crippen LogP contribution < -0.4 is 9.80 Å². The summed E-state index contributed by atoms with van der Waals surface area (Å²) in [7, 11) is 0. The maximum Gasteiger partial charge on any atom is 0.143 e. The van der Waals surface area contributed by atoms with E-state index in [-0.39, 0.29) is 5.41 Å². The van der Waals surface area contributed by atoms with Gasteiger partial charge in [-0.1, -0.05) is 325 Å². The molecule has 120 heavy (non-hydrogen) atoms. The third kappa shape index (κ3) is 8.92. The Morgan fingerprint density at radius 3 is 1.10 bits per heavy atom. The van der Waals surface area contributed by atoms with Crippen LogP contribution in [-0.4, -0.2) is 0 Å². The van der Waals surface area contributed by atoms with Crippen LogP contribution in [0.15, 0.2) is 393 Å². The van der Waals surface area contributed by atoms with Crippen LogP contribution >= 0.6 is 11.3 Å². The molecule has 0 fully saturated rings. The number of furan rings is 1. The summed E-state index contributed by atoms with van der Waals surface area (Å²) in [5.74, 6) is 0. The second-order valence-corrected chi connectivity index (χ2v) is 35.8. The van der Waals surface area contributed by atoms with Gasteiger partial charge in [0.05, 0.1) is 22.2 Å². The number of hydrogen-bond acceptors (Lipinski definition) is 4. The van der Waals surface area contributed by atoms with Crippen molar-refractivity contribution in [2.45, 2.75) is 49.4 Å². The number of fused-ring (bicyclic) bond motifs is 32. The van der Waals surface area contributed by atoms with Gasteiger partial charge in [-0.2, -0.15) is 0 Å². The smallest absolute Gasteiger partial charge is 0.143 e. The van der Waals surface area contributed by atoms with Crippen LogP contribution in [0.4, 0.5) is 34.1 Å². The van der Waals surface area contributed by atoms with E-state index in [0.717, 1.165) is 78.3 Å². The number of nitrogens with zero attached hydrogens (tertiary/aromatic N) is 2. The Morgan fingerprint density at radius 1 is 0.217 bits per heavy atom. The summed E-state index contributed by atoms with van der Waals surface area (Å²) in [5.41, 5.74) is 44.5. The summed E-state index contributed by atoms with van der Waals surface area (Å²) in [6.45, 7) is 9.66. The molecule has 0 N–H and O–H groups in total. The monoisotopic (exact) mass is 1540 g/mol. The van der Waals surface area contributed by atoms with Crippen LogP contribution in [0.1, 0.15) is 94.5 Å². The lowest BCUT2D eigenvalue weighted by molar-refractivity contribution is 0.660. The first-order valence-electron chi connectivity index (χ1n) is 42.1. The Labute approximate surface area is 701 Å². The minimum atomic E-state index is -0.529. The molecule has 2 heterocycles. The molecule has 2 spiro atoms. The van der Waals surface area contributed by atoms with Crippen LogP contribution in [0.25, 0.3) is 142 Å². The fraction of sp³-hybridized carbons (Fsp3) is 0.0690. The van der Waals surface area contributed by atoms with E-state index >= 15 is 0 Å². The first kappa shape index (κ1) is 67.7. The van der Waals surface area contributed by atoms with Crippen LogP contribution in [0.5, 0.6) is 0 Å². The SMILES string of the molecule is CC1(C)c2ccccc2-c2ccc(N(c3ccc4c(c3)C3(c5ccccc5-c5ccccc53)c3ccccc3-4)c3ccccc3-c3cccc4c3oc3cc(-c5cccc6c5C(C)(C)c5cc(N(c7ccc8c(c7)C7(c9ccccc9-c9ccccc97)c7ccccc7-8)c7ccccc7-c7ccc8sc9ccccc9c8c7)ccc5-6)ccc34)cc21. The second kappa shape index (κ2) is 24.6. The highest BCUT2D eigenvalue weighted by Gasteiger charge is 2.54. The zero-order valence-electron chi connectivity index (χ0n) is 66.7. The number of thiophene rings is 1. The third-order valence-electron chi connectivity index (χ3n) is 28.3.